The Morgan fingerprint density at radius 2 is 1.00 bits per heavy atom. The molecular formula is HBF4Ru. The predicted molar refractivity (Wildman–Crippen MR) is 11.3 cm³/mol. The third-order valence-corrected chi connectivity index (χ3v) is 0. The van der Waals surface area contributed by atoms with E-state index in [0.717, 1.165) is 0 Å². The van der Waals surface area contributed by atoms with Gasteiger partial charge in [-0.1, -0.05) is 0 Å². The smallest absolute Gasteiger partial charge is 0.418 e. The molecule has 0 rings (SSSR count). The number of rotatable bonds is 0. The summed E-state index contributed by atoms with van der Waals surface area (Å²) in [5.41, 5.74) is 0. The van der Waals surface area contributed by atoms with Crippen LogP contribution >= 0.6 is 0 Å². The van der Waals surface area contributed by atoms with Gasteiger partial charge in [-0.25, -0.2) is 0 Å². The van der Waals surface area contributed by atoms with E-state index in [0.29, 0.717) is 0 Å². The van der Waals surface area contributed by atoms with Crippen LogP contribution in [0.5, 0.6) is 0 Å². The topological polar surface area (TPSA) is 0 Å². The molecule has 0 aromatic rings. The van der Waals surface area contributed by atoms with E-state index in [1.807, 2.05) is 0 Å². The monoisotopic (exact) mass is 190 g/mol. The van der Waals surface area contributed by atoms with Crippen LogP contribution in [0, 0.1) is 0 Å². The van der Waals surface area contributed by atoms with Crippen LogP contribution in [0.3, 0.4) is 0 Å². The van der Waals surface area contributed by atoms with Crippen molar-refractivity contribution in [3.8, 4) is 0 Å². The largest absolute Gasteiger partial charge is 1.00 e. The second-order valence-corrected chi connectivity index (χ2v) is 0.495. The minimum Gasteiger partial charge on any atom is -0.418 e. The first-order valence-corrected chi connectivity index (χ1v) is 0.873. The van der Waals surface area contributed by atoms with Crippen molar-refractivity contribution in [3.63, 3.8) is 0 Å². The van der Waals surface area contributed by atoms with Crippen molar-refractivity contribution >= 4 is 7.25 Å². The maximum atomic E-state index is 9.75. The average Bonchev–Trinajstić information content (AvgIpc) is 0.722. The van der Waals surface area contributed by atoms with Gasteiger partial charge in [-0.3, -0.25) is 0 Å². The fourth-order valence-electron chi connectivity index (χ4n) is 0. The molecule has 0 bridgehead atoms. The van der Waals surface area contributed by atoms with Gasteiger partial charge in [0, 0.05) is 19.5 Å². The van der Waals surface area contributed by atoms with Crippen molar-refractivity contribution in [1.29, 1.82) is 0 Å². The molecule has 0 aromatic carbocycles. The molecule has 0 aliphatic heterocycles. The molecule has 0 aliphatic rings. The Kier molecular flexibility index (Phi) is 4.11. The fraction of sp³-hybridized carbons (Fsp3) is 0. The SMILES string of the molecule is F[B-](F)(F)F.[H+].[Ru]. The molecule has 40 valence electrons. The summed E-state index contributed by atoms with van der Waals surface area (Å²) in [5.74, 6) is 0. The zero-order valence-corrected chi connectivity index (χ0v) is 4.18. The van der Waals surface area contributed by atoms with Gasteiger partial charge in [0.25, 0.3) is 0 Å². The van der Waals surface area contributed by atoms with E-state index >= 15 is 0 Å². The maximum absolute atomic E-state index is 9.75. The van der Waals surface area contributed by atoms with E-state index in [2.05, 4.69) is 0 Å². The molecule has 0 aromatic heterocycles. The summed E-state index contributed by atoms with van der Waals surface area (Å²) in [5, 5.41) is 0. The van der Waals surface area contributed by atoms with Crippen LogP contribution in [-0.4, -0.2) is 7.25 Å². The van der Waals surface area contributed by atoms with Crippen molar-refractivity contribution in [1.82, 2.24) is 0 Å². The maximum Gasteiger partial charge on any atom is 1.00 e. The van der Waals surface area contributed by atoms with Gasteiger partial charge in [0.15, 0.2) is 0 Å². The van der Waals surface area contributed by atoms with Gasteiger partial charge in [0.1, 0.15) is 0 Å². The molecule has 0 radical (unpaired) electrons. The van der Waals surface area contributed by atoms with E-state index in [4.69, 9.17) is 0 Å². The standard InChI is InChI=1S/BF4.Ru/c2-1(3,4)5;/q-1;/p+1. The molecule has 6 heteroatoms. The van der Waals surface area contributed by atoms with Gasteiger partial charge in [0.05, 0.1) is 0 Å². The molecule has 0 amide bonds. The summed E-state index contributed by atoms with van der Waals surface area (Å²) < 4.78 is 39.0. The van der Waals surface area contributed by atoms with Crippen molar-refractivity contribution in [2.45, 2.75) is 0 Å². The number of hydrogen-bond acceptors (Lipinski definition) is 0. The summed E-state index contributed by atoms with van der Waals surface area (Å²) in [6.07, 6.45) is 0. The van der Waals surface area contributed by atoms with E-state index in [-0.39, 0.29) is 20.9 Å². The van der Waals surface area contributed by atoms with Gasteiger partial charge in [0.2, 0.25) is 0 Å². The molecule has 0 heterocycles. The van der Waals surface area contributed by atoms with Crippen LogP contribution < -0.4 is 0 Å². The van der Waals surface area contributed by atoms with Crippen LogP contribution in [0.4, 0.5) is 17.3 Å². The average molecular weight is 189 g/mol. The Morgan fingerprint density at radius 3 is 1.00 bits per heavy atom. The molecule has 0 fully saturated rings. The molecule has 0 N–H and O–H groups in total. The van der Waals surface area contributed by atoms with E-state index < -0.39 is 7.25 Å². The van der Waals surface area contributed by atoms with Crippen molar-refractivity contribution in [2.24, 2.45) is 0 Å². The third-order valence-electron chi connectivity index (χ3n) is 0. The summed E-state index contributed by atoms with van der Waals surface area (Å²) in [6.45, 7) is 0. The molecule has 6 heavy (non-hydrogen) atoms. The first-order chi connectivity index (χ1) is 2.00. The van der Waals surface area contributed by atoms with E-state index in [9.17, 15) is 17.3 Å². The van der Waals surface area contributed by atoms with Crippen molar-refractivity contribution in [3.05, 3.63) is 0 Å². The zero-order valence-electron chi connectivity index (χ0n) is 3.44. The first kappa shape index (κ1) is 9.65. The minimum atomic E-state index is -6.00. The quantitative estimate of drug-likeness (QED) is 0.399. The zero-order chi connectivity index (χ0) is 4.50. The molecule has 0 atom stereocenters. The van der Waals surface area contributed by atoms with Crippen LogP contribution in [0.2, 0.25) is 0 Å². The normalized spacial score (nSPS) is 10.0. The molecule has 0 nitrogen and oxygen atoms in total. The van der Waals surface area contributed by atoms with Crippen LogP contribution in [0.25, 0.3) is 0 Å². The Morgan fingerprint density at radius 1 is 1.00 bits per heavy atom. The van der Waals surface area contributed by atoms with E-state index in [1.54, 1.807) is 0 Å². The van der Waals surface area contributed by atoms with Gasteiger partial charge in [-0.2, -0.15) is 0 Å². The molecule has 0 spiro atoms. The molecule has 0 unspecified atom stereocenters. The first-order valence-electron chi connectivity index (χ1n) is 0.873. The summed E-state index contributed by atoms with van der Waals surface area (Å²) in [6, 6.07) is 0. The van der Waals surface area contributed by atoms with Crippen LogP contribution in [-0.2, 0) is 19.5 Å². The Balaban J connectivity index is -0.0000000800. The van der Waals surface area contributed by atoms with Gasteiger partial charge in [-0.15, -0.1) is 0 Å². The summed E-state index contributed by atoms with van der Waals surface area (Å²) >= 11 is 0. The molecule has 0 saturated heterocycles. The van der Waals surface area contributed by atoms with Gasteiger partial charge in [-0.05, 0) is 0 Å². The fourth-order valence-corrected chi connectivity index (χ4v) is 0. The van der Waals surface area contributed by atoms with Crippen molar-refractivity contribution in [2.75, 3.05) is 0 Å². The molecule has 0 saturated carbocycles. The summed E-state index contributed by atoms with van der Waals surface area (Å²) in [4.78, 5) is 0. The van der Waals surface area contributed by atoms with E-state index in [1.165, 1.54) is 0 Å². The molecule has 0 aliphatic carbocycles. The second kappa shape index (κ2) is 2.56. The Labute approximate surface area is 46.3 Å². The Hall–Kier alpha value is 0.408. The second-order valence-electron chi connectivity index (χ2n) is 0.495. The van der Waals surface area contributed by atoms with Crippen LogP contribution in [0.1, 0.15) is 1.43 Å². The number of hydrogen-bond donors (Lipinski definition) is 0. The minimum absolute atomic E-state index is 0. The third kappa shape index (κ3) is 307. The Bertz CT molecular complexity index is 27.2. The van der Waals surface area contributed by atoms with Crippen molar-refractivity contribution < 1.29 is 38.2 Å². The predicted octanol–water partition coefficient (Wildman–Crippen LogP) is 1.41. The van der Waals surface area contributed by atoms with Crippen LogP contribution in [0.15, 0.2) is 0 Å². The summed E-state index contributed by atoms with van der Waals surface area (Å²) in [7, 11) is -6.00. The van der Waals surface area contributed by atoms with Gasteiger partial charge < -0.3 is 17.3 Å². The molecular weight excluding hydrogens is 188 g/mol. The van der Waals surface area contributed by atoms with Gasteiger partial charge >= 0.3 is 8.68 Å². The number of halogens is 4.